The molecule has 0 bridgehead atoms. The number of methoxy groups -OCH3 is 1. The SMILES string of the molecule is COc1ccccc1N[C@@H](C)c1nc2ccccc2c(=O)[nH]1. The number of ether oxygens (including phenoxy) is 1. The van der Waals surface area contributed by atoms with Gasteiger partial charge in [-0.25, -0.2) is 4.98 Å². The van der Waals surface area contributed by atoms with E-state index in [2.05, 4.69) is 15.3 Å². The number of nitrogens with one attached hydrogen (secondary N) is 2. The van der Waals surface area contributed by atoms with Crippen molar-refractivity contribution in [3.63, 3.8) is 0 Å². The molecule has 5 nitrogen and oxygen atoms in total. The van der Waals surface area contributed by atoms with Gasteiger partial charge in [-0.05, 0) is 31.2 Å². The summed E-state index contributed by atoms with van der Waals surface area (Å²) in [7, 11) is 1.63. The fraction of sp³-hybridized carbons (Fsp3) is 0.176. The van der Waals surface area contributed by atoms with Crippen molar-refractivity contribution in [2.75, 3.05) is 12.4 Å². The zero-order valence-corrected chi connectivity index (χ0v) is 12.5. The molecule has 2 aromatic carbocycles. The number of aromatic nitrogens is 2. The van der Waals surface area contributed by atoms with Gasteiger partial charge >= 0.3 is 0 Å². The quantitative estimate of drug-likeness (QED) is 0.776. The summed E-state index contributed by atoms with van der Waals surface area (Å²) < 4.78 is 5.32. The van der Waals surface area contributed by atoms with Gasteiger partial charge in [0.2, 0.25) is 0 Å². The molecule has 0 radical (unpaired) electrons. The van der Waals surface area contributed by atoms with Crippen molar-refractivity contribution in [1.29, 1.82) is 0 Å². The molecule has 2 N–H and O–H groups in total. The van der Waals surface area contributed by atoms with Gasteiger partial charge < -0.3 is 15.0 Å². The Morgan fingerprint density at radius 2 is 1.86 bits per heavy atom. The minimum atomic E-state index is -0.159. The molecule has 0 aliphatic heterocycles. The summed E-state index contributed by atoms with van der Waals surface area (Å²) in [5.41, 5.74) is 1.41. The highest BCUT2D eigenvalue weighted by molar-refractivity contribution is 5.77. The van der Waals surface area contributed by atoms with Gasteiger partial charge in [-0.1, -0.05) is 24.3 Å². The molecule has 0 aliphatic carbocycles. The first-order valence-electron chi connectivity index (χ1n) is 7.07. The molecule has 0 aliphatic rings. The van der Waals surface area contributed by atoms with Crippen LogP contribution in [0.3, 0.4) is 0 Å². The van der Waals surface area contributed by atoms with Crippen LogP contribution in [0.15, 0.2) is 53.3 Å². The van der Waals surface area contributed by atoms with Crippen LogP contribution in [0, 0.1) is 0 Å². The van der Waals surface area contributed by atoms with Crippen LogP contribution in [0.4, 0.5) is 5.69 Å². The molecule has 22 heavy (non-hydrogen) atoms. The molecule has 1 atom stereocenters. The maximum Gasteiger partial charge on any atom is 0.258 e. The number of H-pyrrole nitrogens is 1. The monoisotopic (exact) mass is 295 g/mol. The molecule has 0 saturated carbocycles. The fourth-order valence-corrected chi connectivity index (χ4v) is 2.38. The first kappa shape index (κ1) is 14.1. The van der Waals surface area contributed by atoms with E-state index in [-0.39, 0.29) is 11.6 Å². The Morgan fingerprint density at radius 3 is 2.68 bits per heavy atom. The summed E-state index contributed by atoms with van der Waals surface area (Å²) in [6.07, 6.45) is 0. The van der Waals surface area contributed by atoms with E-state index in [0.29, 0.717) is 16.7 Å². The molecule has 5 heteroatoms. The number of hydrogen-bond acceptors (Lipinski definition) is 4. The zero-order chi connectivity index (χ0) is 15.5. The van der Waals surface area contributed by atoms with E-state index in [1.807, 2.05) is 49.4 Å². The second-order valence-corrected chi connectivity index (χ2v) is 5.03. The number of benzene rings is 2. The van der Waals surface area contributed by atoms with Crippen molar-refractivity contribution in [1.82, 2.24) is 9.97 Å². The minimum absolute atomic E-state index is 0.130. The average Bonchev–Trinajstić information content (AvgIpc) is 2.55. The van der Waals surface area contributed by atoms with Crippen molar-refractivity contribution in [2.24, 2.45) is 0 Å². The van der Waals surface area contributed by atoms with E-state index in [9.17, 15) is 4.79 Å². The molecular formula is C17H17N3O2. The summed E-state index contributed by atoms with van der Waals surface area (Å²) in [5.74, 6) is 1.34. The predicted molar refractivity (Wildman–Crippen MR) is 87.4 cm³/mol. The summed E-state index contributed by atoms with van der Waals surface area (Å²) in [4.78, 5) is 19.5. The zero-order valence-electron chi connectivity index (χ0n) is 12.5. The van der Waals surface area contributed by atoms with E-state index in [1.165, 1.54) is 0 Å². The van der Waals surface area contributed by atoms with Crippen LogP contribution in [-0.2, 0) is 0 Å². The predicted octanol–water partition coefficient (Wildman–Crippen LogP) is 3.10. The lowest BCUT2D eigenvalue weighted by molar-refractivity contribution is 0.416. The first-order chi connectivity index (χ1) is 10.7. The third-order valence-corrected chi connectivity index (χ3v) is 3.52. The van der Waals surface area contributed by atoms with Crippen molar-refractivity contribution >= 4 is 16.6 Å². The normalized spacial score (nSPS) is 12.1. The van der Waals surface area contributed by atoms with Crippen molar-refractivity contribution in [3.8, 4) is 5.75 Å². The molecule has 0 spiro atoms. The van der Waals surface area contributed by atoms with Gasteiger partial charge in [-0.3, -0.25) is 4.79 Å². The van der Waals surface area contributed by atoms with E-state index in [4.69, 9.17) is 4.74 Å². The number of hydrogen-bond donors (Lipinski definition) is 2. The maximum atomic E-state index is 12.1. The van der Waals surface area contributed by atoms with Crippen LogP contribution in [0.2, 0.25) is 0 Å². The van der Waals surface area contributed by atoms with Crippen molar-refractivity contribution in [3.05, 3.63) is 64.7 Å². The Morgan fingerprint density at radius 1 is 1.14 bits per heavy atom. The number of fused-ring (bicyclic) bond motifs is 1. The Labute approximate surface area is 128 Å². The number of anilines is 1. The number of para-hydroxylation sites is 3. The van der Waals surface area contributed by atoms with E-state index in [1.54, 1.807) is 13.2 Å². The average molecular weight is 295 g/mol. The molecule has 0 fully saturated rings. The lowest BCUT2D eigenvalue weighted by Gasteiger charge is -2.17. The topological polar surface area (TPSA) is 67.0 Å². The van der Waals surface area contributed by atoms with Gasteiger partial charge in [-0.15, -0.1) is 0 Å². The molecule has 112 valence electrons. The number of rotatable bonds is 4. The molecule has 3 aromatic rings. The first-order valence-corrected chi connectivity index (χ1v) is 7.07. The smallest absolute Gasteiger partial charge is 0.258 e. The van der Waals surface area contributed by atoms with Crippen LogP contribution < -0.4 is 15.6 Å². The molecule has 0 unspecified atom stereocenters. The number of aromatic amines is 1. The molecule has 1 heterocycles. The summed E-state index contributed by atoms with van der Waals surface area (Å²) >= 11 is 0. The van der Waals surface area contributed by atoms with Crippen LogP contribution >= 0.6 is 0 Å². The fourth-order valence-electron chi connectivity index (χ4n) is 2.38. The van der Waals surface area contributed by atoms with Gasteiger partial charge in [0.25, 0.3) is 5.56 Å². The minimum Gasteiger partial charge on any atom is -0.495 e. The summed E-state index contributed by atoms with van der Waals surface area (Å²) in [6.45, 7) is 1.94. The standard InChI is InChI=1S/C17H17N3O2/c1-11(18-14-9-5-6-10-15(14)22-2)16-19-13-8-4-3-7-12(13)17(21)20-16/h3-11,18H,1-2H3,(H,19,20,21)/t11-/m0/s1. The van der Waals surface area contributed by atoms with Crippen LogP contribution in [-0.4, -0.2) is 17.1 Å². The molecule has 3 rings (SSSR count). The van der Waals surface area contributed by atoms with Gasteiger partial charge in [0.1, 0.15) is 11.6 Å². The highest BCUT2D eigenvalue weighted by Crippen LogP contribution is 2.26. The maximum absolute atomic E-state index is 12.1. The van der Waals surface area contributed by atoms with Crippen LogP contribution in [0.5, 0.6) is 5.75 Å². The lowest BCUT2D eigenvalue weighted by Crippen LogP contribution is -2.18. The molecule has 0 saturated heterocycles. The Kier molecular flexibility index (Phi) is 3.78. The van der Waals surface area contributed by atoms with Gasteiger partial charge in [0, 0.05) is 0 Å². The third-order valence-electron chi connectivity index (χ3n) is 3.52. The second-order valence-electron chi connectivity index (χ2n) is 5.03. The largest absolute Gasteiger partial charge is 0.495 e. The lowest BCUT2D eigenvalue weighted by atomic mass is 10.2. The van der Waals surface area contributed by atoms with Gasteiger partial charge in [0.15, 0.2) is 0 Å². The summed E-state index contributed by atoms with van der Waals surface area (Å²) in [6, 6.07) is 14.8. The van der Waals surface area contributed by atoms with E-state index < -0.39 is 0 Å². The highest BCUT2D eigenvalue weighted by Gasteiger charge is 2.12. The van der Waals surface area contributed by atoms with E-state index >= 15 is 0 Å². The van der Waals surface area contributed by atoms with Crippen LogP contribution in [0.1, 0.15) is 18.8 Å². The van der Waals surface area contributed by atoms with Gasteiger partial charge in [-0.2, -0.15) is 0 Å². The highest BCUT2D eigenvalue weighted by atomic mass is 16.5. The third kappa shape index (κ3) is 2.65. The van der Waals surface area contributed by atoms with Crippen LogP contribution in [0.25, 0.3) is 10.9 Å². The molecular weight excluding hydrogens is 278 g/mol. The Balaban J connectivity index is 1.95. The number of nitrogens with zero attached hydrogens (tertiary/aromatic N) is 1. The summed E-state index contributed by atoms with van der Waals surface area (Å²) in [5, 5.41) is 3.91. The van der Waals surface area contributed by atoms with Crippen molar-refractivity contribution < 1.29 is 4.74 Å². The van der Waals surface area contributed by atoms with Gasteiger partial charge in [0.05, 0.1) is 29.7 Å². The molecule has 0 amide bonds. The second kappa shape index (κ2) is 5.89. The Hall–Kier alpha value is -2.82. The van der Waals surface area contributed by atoms with Crippen molar-refractivity contribution in [2.45, 2.75) is 13.0 Å². The Bertz CT molecular complexity index is 858. The molecule has 1 aromatic heterocycles. The van der Waals surface area contributed by atoms with E-state index in [0.717, 1.165) is 11.4 Å².